The number of hydrogen-bond acceptors (Lipinski definition) is 5. The number of ether oxygens (including phenoxy) is 2. The van der Waals surface area contributed by atoms with Crippen molar-refractivity contribution in [1.29, 1.82) is 0 Å². The SMILES string of the molecule is CCCCCCC/C=C\C/C=C\CCCCCCCCCCCCCCCCCCCCCC(=O)OC(CO)COC(=O)CCCCCCCCCCCCCCCCC/C=C\C/C=C\CCCCCCC. The van der Waals surface area contributed by atoms with E-state index in [9.17, 15) is 14.7 Å². The Balaban J connectivity index is 3.42. The first kappa shape index (κ1) is 69.9. The van der Waals surface area contributed by atoms with Gasteiger partial charge in [-0.1, -0.05) is 306 Å². The van der Waals surface area contributed by atoms with E-state index in [1.54, 1.807) is 0 Å². The van der Waals surface area contributed by atoms with Gasteiger partial charge in [0.2, 0.25) is 0 Å². The minimum Gasteiger partial charge on any atom is -0.462 e. The van der Waals surface area contributed by atoms with Gasteiger partial charge < -0.3 is 14.6 Å². The number of aliphatic hydroxyl groups excluding tert-OH is 1. The van der Waals surface area contributed by atoms with Crippen LogP contribution < -0.4 is 0 Å². The van der Waals surface area contributed by atoms with E-state index < -0.39 is 6.10 Å². The molecule has 0 spiro atoms. The summed E-state index contributed by atoms with van der Waals surface area (Å²) in [4.78, 5) is 24.6. The molecule has 0 aromatic carbocycles. The Morgan fingerprint density at radius 1 is 0.319 bits per heavy atom. The molecule has 0 bridgehead atoms. The van der Waals surface area contributed by atoms with Crippen molar-refractivity contribution in [2.45, 2.75) is 354 Å². The van der Waals surface area contributed by atoms with Crippen LogP contribution in [0.15, 0.2) is 48.6 Å². The molecule has 0 saturated carbocycles. The van der Waals surface area contributed by atoms with Gasteiger partial charge in [0.25, 0.3) is 0 Å². The normalized spacial score (nSPS) is 12.4. The van der Waals surface area contributed by atoms with Crippen molar-refractivity contribution in [2.24, 2.45) is 0 Å². The Morgan fingerprint density at radius 3 is 0.819 bits per heavy atom. The highest BCUT2D eigenvalue weighted by atomic mass is 16.6. The first-order valence-corrected chi connectivity index (χ1v) is 32.2. The third-order valence-electron chi connectivity index (χ3n) is 14.6. The van der Waals surface area contributed by atoms with Crippen LogP contribution in [0.5, 0.6) is 0 Å². The molecule has 0 amide bonds. The van der Waals surface area contributed by atoms with E-state index in [4.69, 9.17) is 9.47 Å². The fraction of sp³-hybridized carbons (Fsp3) is 0.851. The van der Waals surface area contributed by atoms with Gasteiger partial charge in [0, 0.05) is 12.8 Å². The Labute approximate surface area is 449 Å². The molecule has 1 atom stereocenters. The van der Waals surface area contributed by atoms with Gasteiger partial charge in [0.05, 0.1) is 6.61 Å². The maximum atomic E-state index is 12.3. The Hall–Kier alpha value is -2.14. The largest absolute Gasteiger partial charge is 0.462 e. The standard InChI is InChI=1S/C67H124O5/c1-3-5-7-9-11-13-15-17-19-21-23-25-27-29-31-32-33-34-36-38-40-42-44-46-48-50-52-54-56-58-60-62-67(70)72-65(63-68)64-71-66(69)61-59-57-55-53-51-49-47-45-43-41-39-37-35-30-28-26-24-22-20-18-16-14-12-10-8-6-4-2/h15-18,21-24,65,68H,3-14,19-20,25-64H2,1-2H3/b17-15-,18-16-,23-21-,24-22-. The zero-order valence-corrected chi connectivity index (χ0v) is 48.5. The summed E-state index contributed by atoms with van der Waals surface area (Å²) in [5.41, 5.74) is 0. The van der Waals surface area contributed by atoms with E-state index >= 15 is 0 Å². The van der Waals surface area contributed by atoms with Crippen molar-refractivity contribution < 1.29 is 24.2 Å². The number of hydrogen-bond donors (Lipinski definition) is 1. The number of allylic oxidation sites excluding steroid dienone is 8. The average Bonchev–Trinajstić information content (AvgIpc) is 3.38. The number of rotatable bonds is 60. The predicted octanol–water partition coefficient (Wildman–Crippen LogP) is 22.0. The van der Waals surface area contributed by atoms with Crippen LogP contribution in [0.25, 0.3) is 0 Å². The van der Waals surface area contributed by atoms with Crippen molar-refractivity contribution >= 4 is 11.9 Å². The summed E-state index contributed by atoms with van der Waals surface area (Å²) in [6.45, 7) is 4.17. The van der Waals surface area contributed by atoms with Gasteiger partial charge >= 0.3 is 11.9 Å². The van der Waals surface area contributed by atoms with Crippen LogP contribution in [0.4, 0.5) is 0 Å². The summed E-state index contributed by atoms with van der Waals surface area (Å²) in [7, 11) is 0. The topological polar surface area (TPSA) is 72.8 Å². The fourth-order valence-electron chi connectivity index (χ4n) is 9.74. The summed E-state index contributed by atoms with van der Waals surface area (Å²) in [6.07, 6.45) is 84.0. The van der Waals surface area contributed by atoms with Crippen LogP contribution in [0, 0.1) is 0 Å². The highest BCUT2D eigenvalue weighted by Gasteiger charge is 2.16. The van der Waals surface area contributed by atoms with Crippen LogP contribution >= 0.6 is 0 Å². The lowest BCUT2D eigenvalue weighted by molar-refractivity contribution is -0.161. The van der Waals surface area contributed by atoms with Crippen LogP contribution in [0.1, 0.15) is 348 Å². The van der Waals surface area contributed by atoms with Gasteiger partial charge in [-0.25, -0.2) is 0 Å². The summed E-state index contributed by atoms with van der Waals surface area (Å²) in [5, 5.41) is 9.68. The van der Waals surface area contributed by atoms with Crippen molar-refractivity contribution in [3.8, 4) is 0 Å². The monoisotopic (exact) mass is 1010 g/mol. The Kier molecular flexibility index (Phi) is 61.3. The number of aliphatic hydroxyl groups is 1. The predicted molar refractivity (Wildman–Crippen MR) is 316 cm³/mol. The molecule has 0 aliphatic heterocycles. The number of carbonyl (C=O) groups is 2. The molecule has 0 aromatic heterocycles. The molecule has 422 valence electrons. The smallest absolute Gasteiger partial charge is 0.306 e. The van der Waals surface area contributed by atoms with E-state index in [1.807, 2.05) is 0 Å². The van der Waals surface area contributed by atoms with Gasteiger partial charge in [-0.3, -0.25) is 9.59 Å². The second kappa shape index (κ2) is 63.2. The van der Waals surface area contributed by atoms with Gasteiger partial charge in [-0.05, 0) is 77.0 Å². The molecule has 0 saturated heterocycles. The number of carbonyl (C=O) groups excluding carboxylic acids is 2. The second-order valence-electron chi connectivity index (χ2n) is 21.8. The summed E-state index contributed by atoms with van der Waals surface area (Å²) < 4.78 is 10.7. The van der Waals surface area contributed by atoms with E-state index in [0.717, 1.165) is 51.4 Å². The maximum Gasteiger partial charge on any atom is 0.306 e. The highest BCUT2D eigenvalue weighted by molar-refractivity contribution is 5.70. The molecule has 0 aliphatic carbocycles. The fourth-order valence-corrected chi connectivity index (χ4v) is 9.74. The molecule has 0 fully saturated rings. The quantitative estimate of drug-likeness (QED) is 0.0373. The van der Waals surface area contributed by atoms with Crippen molar-refractivity contribution in [3.63, 3.8) is 0 Å². The lowest BCUT2D eigenvalue weighted by Gasteiger charge is -2.15. The summed E-state index contributed by atoms with van der Waals surface area (Å²) >= 11 is 0. The average molecular weight is 1010 g/mol. The summed E-state index contributed by atoms with van der Waals surface area (Å²) in [5.74, 6) is -0.572. The molecule has 0 aliphatic rings. The lowest BCUT2D eigenvalue weighted by atomic mass is 10.0. The van der Waals surface area contributed by atoms with Gasteiger partial charge in [-0.15, -0.1) is 0 Å². The van der Waals surface area contributed by atoms with E-state index in [2.05, 4.69) is 62.5 Å². The van der Waals surface area contributed by atoms with Gasteiger partial charge in [0.1, 0.15) is 6.61 Å². The first-order chi connectivity index (χ1) is 35.6. The molecular formula is C67H124O5. The maximum absolute atomic E-state index is 12.3. The molecular weight excluding hydrogens is 885 g/mol. The highest BCUT2D eigenvalue weighted by Crippen LogP contribution is 2.18. The molecule has 0 heterocycles. The third-order valence-corrected chi connectivity index (χ3v) is 14.6. The summed E-state index contributed by atoms with van der Waals surface area (Å²) in [6, 6.07) is 0. The van der Waals surface area contributed by atoms with Crippen LogP contribution in [-0.4, -0.2) is 36.4 Å². The lowest BCUT2D eigenvalue weighted by Crippen LogP contribution is -2.28. The minimum absolute atomic E-state index is 0.0618. The van der Waals surface area contributed by atoms with Crippen molar-refractivity contribution in [1.82, 2.24) is 0 Å². The zero-order chi connectivity index (χ0) is 52.0. The molecule has 72 heavy (non-hydrogen) atoms. The van der Waals surface area contributed by atoms with Crippen molar-refractivity contribution in [2.75, 3.05) is 13.2 Å². The van der Waals surface area contributed by atoms with Crippen LogP contribution in [0.2, 0.25) is 0 Å². The van der Waals surface area contributed by atoms with E-state index in [1.165, 1.54) is 270 Å². The number of unbranched alkanes of at least 4 members (excludes halogenated alkanes) is 44. The van der Waals surface area contributed by atoms with Crippen LogP contribution in [0.3, 0.4) is 0 Å². The molecule has 1 N–H and O–H groups in total. The molecule has 1 unspecified atom stereocenters. The molecule has 0 aromatic rings. The second-order valence-corrected chi connectivity index (χ2v) is 21.8. The Morgan fingerprint density at radius 2 is 0.556 bits per heavy atom. The van der Waals surface area contributed by atoms with E-state index in [0.29, 0.717) is 12.8 Å². The van der Waals surface area contributed by atoms with Gasteiger partial charge in [0.15, 0.2) is 6.10 Å². The molecule has 5 heteroatoms. The zero-order valence-electron chi connectivity index (χ0n) is 48.5. The number of esters is 2. The molecule has 5 nitrogen and oxygen atoms in total. The molecule has 0 rings (SSSR count). The van der Waals surface area contributed by atoms with Crippen LogP contribution in [-0.2, 0) is 19.1 Å². The Bertz CT molecular complexity index is 1190. The van der Waals surface area contributed by atoms with Crippen molar-refractivity contribution in [3.05, 3.63) is 48.6 Å². The van der Waals surface area contributed by atoms with E-state index in [-0.39, 0.29) is 25.2 Å². The first-order valence-electron chi connectivity index (χ1n) is 32.2. The van der Waals surface area contributed by atoms with Gasteiger partial charge in [-0.2, -0.15) is 0 Å². The third kappa shape index (κ3) is 60.4. The molecule has 0 radical (unpaired) electrons. The minimum atomic E-state index is -0.771.